The van der Waals surface area contributed by atoms with Crippen LogP contribution in [0.1, 0.15) is 13.3 Å². The molecule has 0 radical (unpaired) electrons. The monoisotopic (exact) mass is 425 g/mol. The number of nitrogens with one attached hydrogen (secondary N) is 2. The second-order valence-corrected chi connectivity index (χ2v) is 7.93. The average Bonchev–Trinajstić information content (AvgIpc) is 2.47. The van der Waals surface area contributed by atoms with Gasteiger partial charge in [-0.1, -0.05) is 22.0 Å². The molecule has 1 aromatic rings. The number of carbonyl (C=O) groups excluding carboxylic acids is 1. The number of piperazine rings is 1. The summed E-state index contributed by atoms with van der Waals surface area (Å²) in [5, 5.41) is 3.22. The summed E-state index contributed by atoms with van der Waals surface area (Å²) in [5.41, 5.74) is 0. The molecule has 2 rings (SSSR count). The van der Waals surface area contributed by atoms with Crippen LogP contribution in [0.25, 0.3) is 0 Å². The topological polar surface area (TPSA) is 78.5 Å². The predicted molar refractivity (Wildman–Crippen MR) is 95.2 cm³/mol. The van der Waals surface area contributed by atoms with E-state index in [2.05, 4.69) is 26.0 Å². The second kappa shape index (κ2) is 8.98. The van der Waals surface area contributed by atoms with E-state index in [0.29, 0.717) is 11.0 Å². The summed E-state index contributed by atoms with van der Waals surface area (Å²) in [6.07, 6.45) is 0.164. The van der Waals surface area contributed by atoms with Gasteiger partial charge < -0.3 is 10.2 Å². The van der Waals surface area contributed by atoms with Crippen molar-refractivity contribution in [3.8, 4) is 0 Å². The van der Waals surface area contributed by atoms with Gasteiger partial charge in [0.1, 0.15) is 0 Å². The third-order valence-corrected chi connectivity index (χ3v) is 5.51. The Labute approximate surface area is 151 Å². The maximum atomic E-state index is 12.1. The molecule has 0 saturated carbocycles. The SMILES string of the molecule is CC1CNCCN1C(=O)CCNS(=O)(=O)c1cccc(Br)c1.Cl. The molecular weight excluding hydrogens is 406 g/mol. The Hall–Kier alpha value is -0.670. The van der Waals surface area contributed by atoms with Crippen LogP contribution in [0.2, 0.25) is 0 Å². The minimum absolute atomic E-state index is 0. The van der Waals surface area contributed by atoms with E-state index < -0.39 is 10.0 Å². The molecule has 1 saturated heterocycles. The number of nitrogens with zero attached hydrogens (tertiary/aromatic N) is 1. The van der Waals surface area contributed by atoms with E-state index in [0.717, 1.165) is 13.1 Å². The predicted octanol–water partition coefficient (Wildman–Crippen LogP) is 1.36. The van der Waals surface area contributed by atoms with Gasteiger partial charge >= 0.3 is 0 Å². The number of benzene rings is 1. The molecule has 1 unspecified atom stereocenters. The molecule has 1 aliphatic heterocycles. The molecule has 1 aliphatic rings. The summed E-state index contributed by atoms with van der Waals surface area (Å²) in [6.45, 7) is 4.30. The smallest absolute Gasteiger partial charge is 0.240 e. The molecule has 0 bridgehead atoms. The minimum atomic E-state index is -3.59. The van der Waals surface area contributed by atoms with Crippen molar-refractivity contribution in [1.82, 2.24) is 14.9 Å². The number of amides is 1. The summed E-state index contributed by atoms with van der Waals surface area (Å²) in [4.78, 5) is 14.1. The van der Waals surface area contributed by atoms with E-state index in [-0.39, 0.29) is 42.2 Å². The van der Waals surface area contributed by atoms with Gasteiger partial charge in [0, 0.05) is 43.1 Å². The lowest BCUT2D eigenvalue weighted by molar-refractivity contribution is -0.133. The van der Waals surface area contributed by atoms with Crippen LogP contribution in [0.5, 0.6) is 0 Å². The fourth-order valence-electron chi connectivity index (χ4n) is 2.36. The summed E-state index contributed by atoms with van der Waals surface area (Å²) in [6, 6.07) is 6.61. The Morgan fingerprint density at radius 3 is 2.87 bits per heavy atom. The molecule has 1 heterocycles. The Bertz CT molecular complexity index is 642. The van der Waals surface area contributed by atoms with Gasteiger partial charge in [-0.2, -0.15) is 0 Å². The highest BCUT2D eigenvalue weighted by Gasteiger charge is 2.23. The number of halogens is 2. The van der Waals surface area contributed by atoms with Gasteiger partial charge in [-0.05, 0) is 25.1 Å². The first-order valence-electron chi connectivity index (χ1n) is 7.15. The summed E-state index contributed by atoms with van der Waals surface area (Å²) in [5.74, 6) is -0.0223. The summed E-state index contributed by atoms with van der Waals surface area (Å²) in [7, 11) is -3.59. The van der Waals surface area contributed by atoms with Gasteiger partial charge in [-0.15, -0.1) is 12.4 Å². The molecule has 130 valence electrons. The van der Waals surface area contributed by atoms with Crippen LogP contribution in [0.15, 0.2) is 33.6 Å². The Morgan fingerprint density at radius 2 is 2.22 bits per heavy atom. The molecule has 1 amide bonds. The number of rotatable bonds is 5. The van der Waals surface area contributed by atoms with Crippen LogP contribution in [0.4, 0.5) is 0 Å². The van der Waals surface area contributed by atoms with Gasteiger partial charge in [0.05, 0.1) is 4.90 Å². The van der Waals surface area contributed by atoms with Crippen LogP contribution in [0.3, 0.4) is 0 Å². The molecule has 1 atom stereocenters. The number of sulfonamides is 1. The number of carbonyl (C=O) groups is 1. The van der Waals surface area contributed by atoms with E-state index in [4.69, 9.17) is 0 Å². The molecular formula is C14H21BrClN3O3S. The Kier molecular flexibility index (Phi) is 7.96. The normalized spacial score (nSPS) is 18.3. The highest BCUT2D eigenvalue weighted by atomic mass is 79.9. The highest BCUT2D eigenvalue weighted by molar-refractivity contribution is 9.10. The van der Waals surface area contributed by atoms with Crippen LogP contribution in [0, 0.1) is 0 Å². The van der Waals surface area contributed by atoms with Gasteiger partial charge in [-0.3, -0.25) is 4.79 Å². The first kappa shape index (κ1) is 20.4. The lowest BCUT2D eigenvalue weighted by Gasteiger charge is -2.34. The van der Waals surface area contributed by atoms with Crippen molar-refractivity contribution in [3.63, 3.8) is 0 Å². The van der Waals surface area contributed by atoms with Crippen molar-refractivity contribution in [2.75, 3.05) is 26.2 Å². The lowest BCUT2D eigenvalue weighted by Crippen LogP contribution is -2.52. The van der Waals surface area contributed by atoms with Gasteiger partial charge in [-0.25, -0.2) is 13.1 Å². The van der Waals surface area contributed by atoms with Crippen molar-refractivity contribution in [3.05, 3.63) is 28.7 Å². The van der Waals surface area contributed by atoms with Crippen molar-refractivity contribution >= 4 is 44.3 Å². The first-order chi connectivity index (χ1) is 10.4. The molecule has 2 N–H and O–H groups in total. The van der Waals surface area contributed by atoms with Gasteiger partial charge in [0.15, 0.2) is 0 Å². The molecule has 9 heteroatoms. The zero-order valence-corrected chi connectivity index (χ0v) is 16.0. The van der Waals surface area contributed by atoms with Crippen molar-refractivity contribution < 1.29 is 13.2 Å². The largest absolute Gasteiger partial charge is 0.337 e. The van der Waals surface area contributed by atoms with E-state index >= 15 is 0 Å². The standard InChI is InChI=1S/C14H20BrN3O3S.ClH/c1-11-10-16-7-8-18(11)14(19)5-6-17-22(20,21)13-4-2-3-12(15)9-13;/h2-4,9,11,16-17H,5-8,10H2,1H3;1H. The molecule has 1 fully saturated rings. The zero-order valence-electron chi connectivity index (χ0n) is 12.8. The molecule has 23 heavy (non-hydrogen) atoms. The van der Waals surface area contributed by atoms with Crippen molar-refractivity contribution in [2.45, 2.75) is 24.3 Å². The van der Waals surface area contributed by atoms with Crippen LogP contribution in [-0.4, -0.2) is 51.4 Å². The quantitative estimate of drug-likeness (QED) is 0.745. The molecule has 0 spiro atoms. The molecule has 1 aromatic carbocycles. The third-order valence-electron chi connectivity index (χ3n) is 3.56. The minimum Gasteiger partial charge on any atom is -0.337 e. The average molecular weight is 427 g/mol. The van der Waals surface area contributed by atoms with Crippen LogP contribution >= 0.6 is 28.3 Å². The fourth-order valence-corrected chi connectivity index (χ4v) is 3.99. The van der Waals surface area contributed by atoms with Crippen LogP contribution < -0.4 is 10.0 Å². The Morgan fingerprint density at radius 1 is 1.48 bits per heavy atom. The van der Waals surface area contributed by atoms with E-state index in [1.54, 1.807) is 17.0 Å². The molecule has 0 aromatic heterocycles. The Balaban J connectivity index is 0.00000264. The first-order valence-corrected chi connectivity index (χ1v) is 9.43. The van der Waals surface area contributed by atoms with Gasteiger partial charge in [0.25, 0.3) is 0 Å². The maximum Gasteiger partial charge on any atom is 0.240 e. The lowest BCUT2D eigenvalue weighted by atomic mass is 10.2. The molecule has 6 nitrogen and oxygen atoms in total. The summed E-state index contributed by atoms with van der Waals surface area (Å²) < 4.78 is 27.5. The molecule has 0 aliphatic carbocycles. The van der Waals surface area contributed by atoms with Crippen molar-refractivity contribution in [1.29, 1.82) is 0 Å². The van der Waals surface area contributed by atoms with Gasteiger partial charge in [0.2, 0.25) is 15.9 Å². The zero-order chi connectivity index (χ0) is 16.2. The highest BCUT2D eigenvalue weighted by Crippen LogP contribution is 2.15. The van der Waals surface area contributed by atoms with E-state index in [1.165, 1.54) is 12.1 Å². The van der Waals surface area contributed by atoms with E-state index in [1.807, 2.05) is 6.92 Å². The van der Waals surface area contributed by atoms with E-state index in [9.17, 15) is 13.2 Å². The van der Waals surface area contributed by atoms with Crippen LogP contribution in [-0.2, 0) is 14.8 Å². The third kappa shape index (κ3) is 5.72. The summed E-state index contributed by atoms with van der Waals surface area (Å²) >= 11 is 3.25. The van der Waals surface area contributed by atoms with Crippen molar-refractivity contribution in [2.24, 2.45) is 0 Å². The number of hydrogen-bond acceptors (Lipinski definition) is 4. The fraction of sp³-hybridized carbons (Fsp3) is 0.500. The maximum absolute atomic E-state index is 12.1. The number of hydrogen-bond donors (Lipinski definition) is 2. The second-order valence-electron chi connectivity index (χ2n) is 5.25.